The minimum atomic E-state index is 0.441. The van der Waals surface area contributed by atoms with E-state index < -0.39 is 0 Å². The molecule has 0 nitrogen and oxygen atoms in total. The third-order valence-corrected chi connectivity index (χ3v) is 5.60. The molecule has 1 fully saturated rings. The van der Waals surface area contributed by atoms with Crippen LogP contribution in [0.5, 0.6) is 0 Å². The van der Waals surface area contributed by atoms with Crippen LogP contribution in [0, 0.1) is 16.7 Å². The monoisotopic (exact) mass is 266 g/mol. The number of alkyl halides is 1. The normalized spacial score (nSPS) is 24.9. The molecule has 0 N–H and O–H groups in total. The van der Waals surface area contributed by atoms with Crippen LogP contribution in [0.15, 0.2) is 30.3 Å². The van der Waals surface area contributed by atoms with Gasteiger partial charge in [0, 0.05) is 4.83 Å². The van der Waals surface area contributed by atoms with Gasteiger partial charge in [-0.1, -0.05) is 74.0 Å². The van der Waals surface area contributed by atoms with E-state index >= 15 is 0 Å². The molecular weight excluding hydrogens is 248 g/mol. The van der Waals surface area contributed by atoms with Gasteiger partial charge < -0.3 is 0 Å². The molecule has 0 aliphatic heterocycles. The molecular formula is C14H19Br. The van der Waals surface area contributed by atoms with E-state index in [0.717, 1.165) is 5.92 Å². The van der Waals surface area contributed by atoms with Crippen molar-refractivity contribution in [2.75, 3.05) is 0 Å². The van der Waals surface area contributed by atoms with E-state index in [4.69, 9.17) is 0 Å². The van der Waals surface area contributed by atoms with Gasteiger partial charge in [-0.25, -0.2) is 0 Å². The van der Waals surface area contributed by atoms with Crippen molar-refractivity contribution in [1.82, 2.24) is 0 Å². The van der Waals surface area contributed by atoms with Gasteiger partial charge >= 0.3 is 0 Å². The SMILES string of the molecule is CC1(C)C(C(Br)c2ccccc2)C1(C)C. The van der Waals surface area contributed by atoms with Crippen molar-refractivity contribution in [2.24, 2.45) is 16.7 Å². The van der Waals surface area contributed by atoms with Gasteiger partial charge in [0.05, 0.1) is 0 Å². The van der Waals surface area contributed by atoms with Crippen molar-refractivity contribution >= 4 is 15.9 Å². The largest absolute Gasteiger partial charge is 0.0835 e. The predicted octanol–water partition coefficient (Wildman–Crippen LogP) is 4.80. The summed E-state index contributed by atoms with van der Waals surface area (Å²) in [5.74, 6) is 0.729. The van der Waals surface area contributed by atoms with E-state index in [9.17, 15) is 0 Å². The topological polar surface area (TPSA) is 0 Å². The zero-order valence-electron chi connectivity index (χ0n) is 9.92. The fourth-order valence-electron chi connectivity index (χ4n) is 2.81. The summed E-state index contributed by atoms with van der Waals surface area (Å²) in [6, 6.07) is 10.7. The molecule has 0 bridgehead atoms. The maximum atomic E-state index is 3.86. The van der Waals surface area contributed by atoms with Crippen molar-refractivity contribution in [1.29, 1.82) is 0 Å². The molecule has 0 radical (unpaired) electrons. The highest BCUT2D eigenvalue weighted by atomic mass is 79.9. The van der Waals surface area contributed by atoms with E-state index in [1.807, 2.05) is 0 Å². The summed E-state index contributed by atoms with van der Waals surface area (Å²) in [6.45, 7) is 9.48. The molecule has 15 heavy (non-hydrogen) atoms. The Morgan fingerprint density at radius 1 is 1.00 bits per heavy atom. The van der Waals surface area contributed by atoms with Crippen molar-refractivity contribution in [3.8, 4) is 0 Å². The van der Waals surface area contributed by atoms with E-state index in [-0.39, 0.29) is 0 Å². The van der Waals surface area contributed by atoms with Crippen LogP contribution in [0.2, 0.25) is 0 Å². The van der Waals surface area contributed by atoms with Crippen LogP contribution in [-0.2, 0) is 0 Å². The van der Waals surface area contributed by atoms with Gasteiger partial charge in [-0.2, -0.15) is 0 Å². The quantitative estimate of drug-likeness (QED) is 0.675. The number of halogens is 1. The highest BCUT2D eigenvalue weighted by molar-refractivity contribution is 9.09. The van der Waals surface area contributed by atoms with Gasteiger partial charge in [-0.05, 0) is 22.3 Å². The standard InChI is InChI=1S/C14H19Br/c1-13(2)12(14(13,3)4)11(15)10-8-6-5-7-9-10/h5-9,11-12H,1-4H3. The summed E-state index contributed by atoms with van der Waals surface area (Å²) in [7, 11) is 0. The second-order valence-corrected chi connectivity index (χ2v) is 6.72. The Hall–Kier alpha value is -0.300. The molecule has 1 aromatic rings. The Morgan fingerprint density at radius 3 is 1.87 bits per heavy atom. The molecule has 1 heteroatoms. The molecule has 0 heterocycles. The van der Waals surface area contributed by atoms with E-state index in [0.29, 0.717) is 15.7 Å². The average molecular weight is 267 g/mol. The first-order valence-corrected chi connectivity index (χ1v) is 6.49. The second-order valence-electron chi connectivity index (χ2n) is 5.73. The summed E-state index contributed by atoms with van der Waals surface area (Å²) < 4.78 is 0. The number of hydrogen-bond acceptors (Lipinski definition) is 0. The first-order valence-electron chi connectivity index (χ1n) is 5.58. The molecule has 82 valence electrons. The lowest BCUT2D eigenvalue weighted by Gasteiger charge is -2.12. The van der Waals surface area contributed by atoms with Gasteiger partial charge in [0.2, 0.25) is 0 Å². The lowest BCUT2D eigenvalue weighted by molar-refractivity contribution is 0.457. The first kappa shape index (κ1) is 11.2. The van der Waals surface area contributed by atoms with Crippen molar-refractivity contribution < 1.29 is 0 Å². The summed E-state index contributed by atoms with van der Waals surface area (Å²) >= 11 is 3.86. The van der Waals surface area contributed by atoms with Crippen LogP contribution in [0.4, 0.5) is 0 Å². The van der Waals surface area contributed by atoms with Gasteiger partial charge in [0.25, 0.3) is 0 Å². The molecule has 2 rings (SSSR count). The maximum absolute atomic E-state index is 3.86. The summed E-state index contributed by atoms with van der Waals surface area (Å²) in [5, 5.41) is 0. The average Bonchev–Trinajstić information content (AvgIpc) is 2.58. The number of hydrogen-bond donors (Lipinski definition) is 0. The molecule has 1 aliphatic rings. The van der Waals surface area contributed by atoms with Crippen LogP contribution in [-0.4, -0.2) is 0 Å². The third kappa shape index (κ3) is 1.56. The lowest BCUT2D eigenvalue weighted by Crippen LogP contribution is -1.98. The van der Waals surface area contributed by atoms with E-state index in [2.05, 4.69) is 74.0 Å². The minimum Gasteiger partial charge on any atom is -0.0835 e. The van der Waals surface area contributed by atoms with Gasteiger partial charge in [-0.15, -0.1) is 0 Å². The Bertz CT molecular complexity index is 337. The molecule has 0 saturated heterocycles. The Labute approximate surface area is 101 Å². The zero-order chi connectivity index (χ0) is 11.3. The van der Waals surface area contributed by atoms with E-state index in [1.54, 1.807) is 0 Å². The fourth-order valence-corrected chi connectivity index (χ4v) is 4.44. The van der Waals surface area contributed by atoms with Gasteiger partial charge in [0.1, 0.15) is 0 Å². The summed E-state index contributed by atoms with van der Waals surface area (Å²) in [6.07, 6.45) is 0. The summed E-state index contributed by atoms with van der Waals surface area (Å²) in [4.78, 5) is 0.490. The highest BCUT2D eigenvalue weighted by Crippen LogP contribution is 2.73. The lowest BCUT2D eigenvalue weighted by atomic mass is 10.0. The molecule has 1 saturated carbocycles. The Kier molecular flexibility index (Phi) is 2.50. The fraction of sp³-hybridized carbons (Fsp3) is 0.571. The van der Waals surface area contributed by atoms with Crippen LogP contribution in [0.25, 0.3) is 0 Å². The Balaban J connectivity index is 2.22. The van der Waals surface area contributed by atoms with Crippen molar-refractivity contribution in [2.45, 2.75) is 32.5 Å². The number of rotatable bonds is 2. The molecule has 1 unspecified atom stereocenters. The number of benzene rings is 1. The molecule has 1 aromatic carbocycles. The molecule has 1 aliphatic carbocycles. The smallest absolute Gasteiger partial charge is 0.0434 e. The summed E-state index contributed by atoms with van der Waals surface area (Å²) in [5.41, 5.74) is 2.29. The van der Waals surface area contributed by atoms with Crippen molar-refractivity contribution in [3.05, 3.63) is 35.9 Å². The van der Waals surface area contributed by atoms with Crippen LogP contribution in [0.1, 0.15) is 38.1 Å². The zero-order valence-corrected chi connectivity index (χ0v) is 11.5. The predicted molar refractivity (Wildman–Crippen MR) is 69.2 cm³/mol. The highest BCUT2D eigenvalue weighted by Gasteiger charge is 2.66. The molecule has 0 aromatic heterocycles. The minimum absolute atomic E-state index is 0.441. The third-order valence-electron chi connectivity index (χ3n) is 4.54. The molecule has 0 spiro atoms. The van der Waals surface area contributed by atoms with Crippen LogP contribution in [0.3, 0.4) is 0 Å². The van der Waals surface area contributed by atoms with Gasteiger partial charge in [0.15, 0.2) is 0 Å². The first-order chi connectivity index (χ1) is 6.89. The van der Waals surface area contributed by atoms with Crippen LogP contribution >= 0.6 is 15.9 Å². The maximum Gasteiger partial charge on any atom is 0.0434 e. The van der Waals surface area contributed by atoms with Gasteiger partial charge in [-0.3, -0.25) is 0 Å². The molecule has 0 amide bonds. The van der Waals surface area contributed by atoms with E-state index in [1.165, 1.54) is 5.56 Å². The Morgan fingerprint density at radius 2 is 1.47 bits per heavy atom. The second kappa shape index (κ2) is 3.35. The van der Waals surface area contributed by atoms with Crippen molar-refractivity contribution in [3.63, 3.8) is 0 Å². The molecule has 1 atom stereocenters. The van der Waals surface area contributed by atoms with Crippen LogP contribution < -0.4 is 0 Å².